The lowest BCUT2D eigenvalue weighted by Crippen LogP contribution is -2.21. The highest BCUT2D eigenvalue weighted by Gasteiger charge is 2.14. The van der Waals surface area contributed by atoms with E-state index in [-0.39, 0.29) is 35.0 Å². The van der Waals surface area contributed by atoms with Crippen LogP contribution in [-0.4, -0.2) is 51.7 Å². The summed E-state index contributed by atoms with van der Waals surface area (Å²) < 4.78 is 5.89. The van der Waals surface area contributed by atoms with E-state index in [0.29, 0.717) is 33.6 Å². The topological polar surface area (TPSA) is 194 Å². The van der Waals surface area contributed by atoms with Crippen molar-refractivity contribution in [2.75, 3.05) is 0 Å². The lowest BCUT2D eigenvalue weighted by molar-refractivity contribution is 0.0944. The molecule has 0 aliphatic heterocycles. The van der Waals surface area contributed by atoms with Crippen LogP contribution in [0, 0.1) is 0 Å². The summed E-state index contributed by atoms with van der Waals surface area (Å²) in [5.74, 6) is -1.34. The molecule has 0 unspecified atom stereocenters. The van der Waals surface area contributed by atoms with E-state index < -0.39 is 17.7 Å². The molecule has 3 amide bonds. The Hall–Kier alpha value is -7.28. The monoisotopic (exact) mass is 670 g/mol. The molecule has 13 nitrogen and oxygen atoms in total. The van der Waals surface area contributed by atoms with Gasteiger partial charge >= 0.3 is 0 Å². The largest absolute Gasteiger partial charge is 0.507 e. The van der Waals surface area contributed by atoms with Gasteiger partial charge in [0.1, 0.15) is 29.6 Å². The maximum absolute atomic E-state index is 13.1. The second-order valence-corrected chi connectivity index (χ2v) is 10.5. The SMILES string of the molecule is O=C(N/N=C/c1ccccc1O)c1ccc(OCc2cc(C(=O)N/N=C/c3ccccc3O)cc(C(=O)N/N=C/c3ccccc3O)c2)cc1. The predicted octanol–water partition coefficient (Wildman–Crippen LogP) is 4.67. The van der Waals surface area contributed by atoms with Gasteiger partial charge < -0.3 is 20.1 Å². The van der Waals surface area contributed by atoms with Crippen molar-refractivity contribution in [3.63, 3.8) is 0 Å². The van der Waals surface area contributed by atoms with Gasteiger partial charge in [0.2, 0.25) is 0 Å². The number of benzene rings is 5. The van der Waals surface area contributed by atoms with Gasteiger partial charge in [-0.25, -0.2) is 16.3 Å². The lowest BCUT2D eigenvalue weighted by atomic mass is 10.0. The number of phenols is 3. The molecule has 0 bridgehead atoms. The van der Waals surface area contributed by atoms with E-state index >= 15 is 0 Å². The molecule has 5 aromatic rings. The normalized spacial score (nSPS) is 11.1. The zero-order valence-corrected chi connectivity index (χ0v) is 26.2. The Morgan fingerprint density at radius 3 is 1.30 bits per heavy atom. The van der Waals surface area contributed by atoms with Crippen LogP contribution in [0.15, 0.2) is 131 Å². The summed E-state index contributed by atoms with van der Waals surface area (Å²) in [7, 11) is 0. The van der Waals surface area contributed by atoms with E-state index in [2.05, 4.69) is 31.6 Å². The highest BCUT2D eigenvalue weighted by Crippen LogP contribution is 2.18. The third kappa shape index (κ3) is 9.39. The Morgan fingerprint density at radius 1 is 0.520 bits per heavy atom. The van der Waals surface area contributed by atoms with E-state index in [1.165, 1.54) is 67.2 Å². The second-order valence-electron chi connectivity index (χ2n) is 10.5. The van der Waals surface area contributed by atoms with Gasteiger partial charge in [0, 0.05) is 33.4 Å². The first-order valence-corrected chi connectivity index (χ1v) is 15.0. The molecule has 13 heteroatoms. The summed E-state index contributed by atoms with van der Waals surface area (Å²) >= 11 is 0. The van der Waals surface area contributed by atoms with Crippen LogP contribution in [0.4, 0.5) is 0 Å². The molecule has 0 atom stereocenters. The minimum absolute atomic E-state index is 0.0145. The van der Waals surface area contributed by atoms with E-state index in [9.17, 15) is 29.7 Å². The number of aromatic hydroxyl groups is 3. The zero-order chi connectivity index (χ0) is 35.3. The summed E-state index contributed by atoms with van der Waals surface area (Å²) in [6.45, 7) is -0.0554. The Bertz CT molecular complexity index is 2010. The van der Waals surface area contributed by atoms with Crippen LogP contribution < -0.4 is 21.0 Å². The number of carbonyl (C=O) groups is 3. The molecule has 6 N–H and O–H groups in total. The van der Waals surface area contributed by atoms with Crippen LogP contribution in [0.5, 0.6) is 23.0 Å². The average molecular weight is 671 g/mol. The quantitative estimate of drug-likeness (QED) is 0.0819. The van der Waals surface area contributed by atoms with Crippen molar-refractivity contribution in [1.82, 2.24) is 16.3 Å². The molecule has 0 aromatic heterocycles. The molecule has 0 saturated heterocycles. The van der Waals surface area contributed by atoms with Crippen molar-refractivity contribution < 1.29 is 34.4 Å². The molecule has 50 heavy (non-hydrogen) atoms. The van der Waals surface area contributed by atoms with Gasteiger partial charge in [0.05, 0.1) is 18.6 Å². The molecule has 5 aromatic carbocycles. The summed E-state index contributed by atoms with van der Waals surface area (Å²) in [6, 6.07) is 30.1. The Labute approximate surface area is 285 Å². The first-order chi connectivity index (χ1) is 24.3. The molecule has 0 heterocycles. The van der Waals surface area contributed by atoms with Gasteiger partial charge in [-0.2, -0.15) is 15.3 Å². The van der Waals surface area contributed by atoms with Gasteiger partial charge in [-0.15, -0.1) is 0 Å². The molecule has 0 radical (unpaired) electrons. The Morgan fingerprint density at radius 2 is 0.900 bits per heavy atom. The van der Waals surface area contributed by atoms with Crippen molar-refractivity contribution in [1.29, 1.82) is 0 Å². The van der Waals surface area contributed by atoms with E-state index in [0.717, 1.165) is 0 Å². The number of hydrazone groups is 3. The van der Waals surface area contributed by atoms with Crippen LogP contribution in [0.1, 0.15) is 53.3 Å². The first kappa shape index (κ1) is 34.1. The van der Waals surface area contributed by atoms with Crippen LogP contribution in [0.2, 0.25) is 0 Å². The summed E-state index contributed by atoms with van der Waals surface area (Å²) in [5.41, 5.74) is 9.33. The van der Waals surface area contributed by atoms with Gasteiger partial charge in [-0.05, 0) is 84.4 Å². The summed E-state index contributed by atoms with van der Waals surface area (Å²) in [6.07, 6.45) is 3.90. The van der Waals surface area contributed by atoms with Crippen LogP contribution in [0.3, 0.4) is 0 Å². The van der Waals surface area contributed by atoms with Crippen molar-refractivity contribution in [2.45, 2.75) is 6.61 Å². The number of rotatable bonds is 12. The van der Waals surface area contributed by atoms with Gasteiger partial charge in [-0.3, -0.25) is 14.4 Å². The fraction of sp³-hybridized carbons (Fsp3) is 0.0270. The van der Waals surface area contributed by atoms with E-state index in [1.807, 2.05) is 0 Å². The van der Waals surface area contributed by atoms with Crippen molar-refractivity contribution in [3.8, 4) is 23.0 Å². The molecular formula is C37H30N6O7. The lowest BCUT2D eigenvalue weighted by Gasteiger charge is -2.11. The zero-order valence-electron chi connectivity index (χ0n) is 26.2. The van der Waals surface area contributed by atoms with E-state index in [1.54, 1.807) is 66.7 Å². The number of para-hydroxylation sites is 3. The molecule has 0 aliphatic carbocycles. The molecule has 0 spiro atoms. The summed E-state index contributed by atoms with van der Waals surface area (Å²) in [4.78, 5) is 38.6. The number of nitrogens with zero attached hydrogens (tertiary/aromatic N) is 3. The van der Waals surface area contributed by atoms with Crippen LogP contribution in [0.25, 0.3) is 0 Å². The minimum Gasteiger partial charge on any atom is -0.507 e. The number of phenolic OH excluding ortho intramolecular Hbond substituents is 3. The fourth-order valence-corrected chi connectivity index (χ4v) is 4.37. The maximum Gasteiger partial charge on any atom is 0.271 e. The van der Waals surface area contributed by atoms with Crippen LogP contribution in [-0.2, 0) is 6.61 Å². The number of hydrogen-bond acceptors (Lipinski definition) is 10. The first-order valence-electron chi connectivity index (χ1n) is 15.0. The molecule has 250 valence electrons. The predicted molar refractivity (Wildman–Crippen MR) is 187 cm³/mol. The highest BCUT2D eigenvalue weighted by atomic mass is 16.5. The fourth-order valence-electron chi connectivity index (χ4n) is 4.37. The van der Waals surface area contributed by atoms with Gasteiger partial charge in [0.25, 0.3) is 17.7 Å². The average Bonchev–Trinajstić information content (AvgIpc) is 3.13. The van der Waals surface area contributed by atoms with Gasteiger partial charge in [0.15, 0.2) is 0 Å². The number of hydrogen-bond donors (Lipinski definition) is 6. The summed E-state index contributed by atoms with van der Waals surface area (Å²) in [5, 5.41) is 41.4. The Kier molecular flexibility index (Phi) is 11.3. The van der Waals surface area contributed by atoms with Crippen molar-refractivity contribution >= 4 is 36.4 Å². The minimum atomic E-state index is -0.634. The van der Waals surface area contributed by atoms with Crippen LogP contribution >= 0.6 is 0 Å². The molecule has 0 aliphatic rings. The molecular weight excluding hydrogens is 640 g/mol. The molecule has 0 fully saturated rings. The number of ether oxygens (including phenoxy) is 1. The number of nitrogens with one attached hydrogen (secondary N) is 3. The van der Waals surface area contributed by atoms with E-state index in [4.69, 9.17) is 4.74 Å². The number of carbonyl (C=O) groups excluding carboxylic acids is 3. The Balaban J connectivity index is 1.27. The van der Waals surface area contributed by atoms with Crippen molar-refractivity contribution in [2.24, 2.45) is 15.3 Å². The third-order valence-corrected chi connectivity index (χ3v) is 6.96. The smallest absolute Gasteiger partial charge is 0.271 e. The standard InChI is InChI=1S/C37H30N6O7/c44-32-10-4-1-7-26(32)20-38-41-35(47)25-13-15-31(16-14-25)50-23-24-17-29(36(48)42-39-21-27-8-2-5-11-33(27)45)19-30(18-24)37(49)43-40-22-28-9-3-6-12-34(28)46/h1-22,44-46H,23H2,(H,41,47)(H,42,48)(H,43,49)/b38-20+,39-21+,40-22+. The second kappa shape index (κ2) is 16.5. The van der Waals surface area contributed by atoms with Crippen molar-refractivity contribution in [3.05, 3.63) is 154 Å². The number of amides is 3. The molecule has 0 saturated carbocycles. The maximum atomic E-state index is 13.1. The highest BCUT2D eigenvalue weighted by molar-refractivity contribution is 6.00. The molecule has 5 rings (SSSR count). The third-order valence-electron chi connectivity index (χ3n) is 6.96. The van der Waals surface area contributed by atoms with Gasteiger partial charge in [-0.1, -0.05) is 36.4 Å².